The molecule has 1 aromatic heterocycles. The lowest BCUT2D eigenvalue weighted by atomic mass is 9.90. The van der Waals surface area contributed by atoms with E-state index >= 15 is 0 Å². The van der Waals surface area contributed by atoms with Crippen LogP contribution in [0.5, 0.6) is 0 Å². The van der Waals surface area contributed by atoms with E-state index in [0.29, 0.717) is 11.4 Å². The van der Waals surface area contributed by atoms with Gasteiger partial charge in [-0.15, -0.1) is 0 Å². The fraction of sp³-hybridized carbons (Fsp3) is 0.667. The topological polar surface area (TPSA) is 130 Å². The lowest BCUT2D eigenvalue weighted by molar-refractivity contribution is -0.147. The van der Waals surface area contributed by atoms with Gasteiger partial charge in [0.25, 0.3) is 0 Å². The van der Waals surface area contributed by atoms with Crippen LogP contribution in [0, 0.1) is 19.3 Å². The van der Waals surface area contributed by atoms with Gasteiger partial charge in [-0.1, -0.05) is 0 Å². The summed E-state index contributed by atoms with van der Waals surface area (Å²) in [7, 11) is -2.26. The third-order valence-electron chi connectivity index (χ3n) is 4.06. The van der Waals surface area contributed by atoms with Gasteiger partial charge in [0.15, 0.2) is 0 Å². The second-order valence-corrected chi connectivity index (χ2v) is 8.35. The first-order valence-corrected chi connectivity index (χ1v) is 9.31. The number of aliphatic carboxylic acids is 1. The van der Waals surface area contributed by atoms with Gasteiger partial charge in [0, 0.05) is 13.6 Å². The van der Waals surface area contributed by atoms with Gasteiger partial charge >= 0.3 is 5.97 Å². The minimum atomic E-state index is -3.90. The van der Waals surface area contributed by atoms with Crippen molar-refractivity contribution in [3.05, 3.63) is 11.4 Å². The van der Waals surface area contributed by atoms with Crippen LogP contribution in [0.2, 0.25) is 0 Å². The first kappa shape index (κ1) is 21.1. The van der Waals surface area contributed by atoms with Crippen molar-refractivity contribution >= 4 is 21.9 Å². The second kappa shape index (κ2) is 7.52. The van der Waals surface area contributed by atoms with Gasteiger partial charge in [0.2, 0.25) is 15.9 Å². The Morgan fingerprint density at radius 1 is 1.32 bits per heavy atom. The number of sulfonamides is 1. The number of carboxylic acids is 1. The molecule has 0 aromatic carbocycles. The molecule has 1 unspecified atom stereocenters. The maximum Gasteiger partial charge on any atom is 0.309 e. The molecule has 10 heteroatoms. The van der Waals surface area contributed by atoms with E-state index in [2.05, 4.69) is 15.1 Å². The molecule has 0 radical (unpaired) electrons. The van der Waals surface area contributed by atoms with Crippen molar-refractivity contribution in [1.29, 1.82) is 0 Å². The van der Waals surface area contributed by atoms with E-state index in [9.17, 15) is 18.0 Å². The highest BCUT2D eigenvalue weighted by Gasteiger charge is 2.29. The predicted octanol–water partition coefficient (Wildman–Crippen LogP) is 0.321. The summed E-state index contributed by atoms with van der Waals surface area (Å²) in [6, 6.07) is -1.00. The Morgan fingerprint density at radius 2 is 1.88 bits per heavy atom. The predicted molar refractivity (Wildman–Crippen MR) is 91.5 cm³/mol. The monoisotopic (exact) mass is 374 g/mol. The molecule has 0 saturated heterocycles. The molecule has 1 rings (SSSR count). The van der Waals surface area contributed by atoms with Gasteiger partial charge in [-0.3, -0.25) is 14.3 Å². The number of hydrogen-bond acceptors (Lipinski definition) is 5. The Morgan fingerprint density at radius 3 is 2.32 bits per heavy atom. The lowest BCUT2D eigenvalue weighted by Crippen LogP contribution is -2.45. The average Bonchev–Trinajstić information content (AvgIpc) is 2.71. The number of amides is 1. The van der Waals surface area contributed by atoms with Crippen molar-refractivity contribution < 1.29 is 23.1 Å². The smallest absolute Gasteiger partial charge is 0.309 e. The molecule has 1 heterocycles. The molecule has 0 spiro atoms. The molecule has 0 aliphatic rings. The number of nitrogens with one attached hydrogen (secondary N) is 2. The van der Waals surface area contributed by atoms with Crippen LogP contribution in [-0.2, 0) is 26.7 Å². The molecule has 0 aliphatic carbocycles. The SMILES string of the molecule is Cc1nn(C)c(C)c1S(=O)(=O)NC(C)C(=O)NCCC(C)(C)C(=O)O. The Kier molecular flexibility index (Phi) is 6.35. The van der Waals surface area contributed by atoms with Crippen LogP contribution in [0.25, 0.3) is 0 Å². The maximum absolute atomic E-state index is 12.5. The Labute approximate surface area is 147 Å². The summed E-state index contributed by atoms with van der Waals surface area (Å²) in [5, 5.41) is 15.7. The van der Waals surface area contributed by atoms with E-state index in [4.69, 9.17) is 5.11 Å². The van der Waals surface area contributed by atoms with Crippen LogP contribution in [-0.4, -0.2) is 47.8 Å². The highest BCUT2D eigenvalue weighted by atomic mass is 32.2. The van der Waals surface area contributed by atoms with Crippen LogP contribution >= 0.6 is 0 Å². The number of rotatable bonds is 8. The number of carbonyl (C=O) groups excluding carboxylic acids is 1. The summed E-state index contributed by atoms with van der Waals surface area (Å²) >= 11 is 0. The minimum absolute atomic E-state index is 0.0571. The van der Waals surface area contributed by atoms with E-state index in [0.717, 1.165) is 0 Å². The number of hydrogen-bond donors (Lipinski definition) is 3. The maximum atomic E-state index is 12.5. The van der Waals surface area contributed by atoms with Gasteiger partial charge in [-0.25, -0.2) is 8.42 Å². The molecule has 1 atom stereocenters. The molecule has 142 valence electrons. The number of aromatic nitrogens is 2. The van der Waals surface area contributed by atoms with Crippen molar-refractivity contribution in [2.45, 2.75) is 52.0 Å². The highest BCUT2D eigenvalue weighted by molar-refractivity contribution is 7.89. The van der Waals surface area contributed by atoms with Crippen LogP contribution in [0.4, 0.5) is 0 Å². The summed E-state index contributed by atoms with van der Waals surface area (Å²) in [5.41, 5.74) is -0.149. The van der Waals surface area contributed by atoms with Crippen molar-refractivity contribution in [2.75, 3.05) is 6.54 Å². The van der Waals surface area contributed by atoms with E-state index in [1.54, 1.807) is 34.7 Å². The molecule has 0 aliphatic heterocycles. The summed E-state index contributed by atoms with van der Waals surface area (Å²) in [5.74, 6) is -1.48. The average molecular weight is 374 g/mol. The second-order valence-electron chi connectivity index (χ2n) is 6.70. The summed E-state index contributed by atoms with van der Waals surface area (Å²) in [4.78, 5) is 23.2. The van der Waals surface area contributed by atoms with Crippen LogP contribution < -0.4 is 10.0 Å². The quantitative estimate of drug-likeness (QED) is 0.601. The minimum Gasteiger partial charge on any atom is -0.481 e. The Hall–Kier alpha value is -1.94. The normalized spacial score (nSPS) is 13.5. The number of aryl methyl sites for hydroxylation is 2. The molecule has 1 amide bonds. The number of nitrogens with zero attached hydrogens (tertiary/aromatic N) is 2. The van der Waals surface area contributed by atoms with Crippen LogP contribution in [0.15, 0.2) is 4.90 Å². The van der Waals surface area contributed by atoms with Crippen LogP contribution in [0.3, 0.4) is 0 Å². The molecular formula is C15H26N4O5S. The number of carboxylic acid groups (broad SMARTS) is 1. The largest absolute Gasteiger partial charge is 0.481 e. The van der Waals surface area contributed by atoms with Gasteiger partial charge in [-0.2, -0.15) is 9.82 Å². The molecule has 0 bridgehead atoms. The third-order valence-corrected chi connectivity index (χ3v) is 5.86. The van der Waals surface area contributed by atoms with E-state index in [1.807, 2.05) is 0 Å². The highest BCUT2D eigenvalue weighted by Crippen LogP contribution is 2.20. The zero-order valence-electron chi connectivity index (χ0n) is 15.4. The van der Waals surface area contributed by atoms with E-state index < -0.39 is 33.4 Å². The molecule has 1 aromatic rings. The summed E-state index contributed by atoms with van der Waals surface area (Å²) in [6.45, 7) is 7.89. The molecule has 3 N–H and O–H groups in total. The summed E-state index contributed by atoms with van der Waals surface area (Å²) in [6.07, 6.45) is 0.231. The zero-order chi connectivity index (χ0) is 19.6. The Balaban J connectivity index is 2.73. The van der Waals surface area contributed by atoms with Crippen LogP contribution in [0.1, 0.15) is 38.6 Å². The van der Waals surface area contributed by atoms with Gasteiger partial charge < -0.3 is 10.4 Å². The summed E-state index contributed by atoms with van der Waals surface area (Å²) < 4.78 is 28.8. The molecule has 25 heavy (non-hydrogen) atoms. The fourth-order valence-corrected chi connectivity index (χ4v) is 3.89. The van der Waals surface area contributed by atoms with Crippen molar-refractivity contribution in [3.8, 4) is 0 Å². The van der Waals surface area contributed by atoms with Crippen molar-refractivity contribution in [2.24, 2.45) is 12.5 Å². The van der Waals surface area contributed by atoms with Crippen molar-refractivity contribution in [3.63, 3.8) is 0 Å². The molecular weight excluding hydrogens is 348 g/mol. The zero-order valence-corrected chi connectivity index (χ0v) is 16.2. The lowest BCUT2D eigenvalue weighted by Gasteiger charge is -2.20. The fourth-order valence-electron chi connectivity index (χ4n) is 2.25. The van der Waals surface area contributed by atoms with Crippen molar-refractivity contribution in [1.82, 2.24) is 19.8 Å². The van der Waals surface area contributed by atoms with E-state index in [1.165, 1.54) is 11.6 Å². The first-order valence-electron chi connectivity index (χ1n) is 7.83. The molecule has 9 nitrogen and oxygen atoms in total. The molecule has 0 fully saturated rings. The van der Waals surface area contributed by atoms with E-state index in [-0.39, 0.29) is 17.9 Å². The Bertz CT molecular complexity index is 767. The number of carbonyl (C=O) groups is 2. The van der Waals surface area contributed by atoms with Gasteiger partial charge in [0.05, 0.1) is 22.8 Å². The first-order chi connectivity index (χ1) is 11.3. The van der Waals surface area contributed by atoms with Gasteiger partial charge in [0.1, 0.15) is 4.90 Å². The molecule has 0 saturated carbocycles. The standard InChI is InChI=1S/C15H26N4O5S/c1-9-12(11(3)19(6)17-9)25(23,24)18-10(2)13(20)16-8-7-15(4,5)14(21)22/h10,18H,7-8H2,1-6H3,(H,16,20)(H,21,22). The third kappa shape index (κ3) is 5.02. The van der Waals surface area contributed by atoms with Gasteiger partial charge in [-0.05, 0) is 41.0 Å².